The Morgan fingerprint density at radius 2 is 1.84 bits per heavy atom. The number of amides is 1. The van der Waals surface area contributed by atoms with Crippen LogP contribution >= 0.6 is 11.8 Å². The molecule has 0 saturated carbocycles. The number of carbonyl (C=O) groups is 2. The van der Waals surface area contributed by atoms with Gasteiger partial charge in [0, 0.05) is 11.6 Å². The van der Waals surface area contributed by atoms with Crippen molar-refractivity contribution in [2.24, 2.45) is 0 Å². The number of nitrogens with one attached hydrogen (secondary N) is 1. The molecule has 0 bridgehead atoms. The van der Waals surface area contributed by atoms with Crippen LogP contribution in [0.4, 0.5) is 5.69 Å². The van der Waals surface area contributed by atoms with E-state index in [1.165, 1.54) is 11.8 Å². The van der Waals surface area contributed by atoms with Gasteiger partial charge < -0.3 is 10.1 Å². The molecule has 8 nitrogen and oxygen atoms in total. The number of rotatable bonds is 7. The number of carbonyl (C=O) groups excluding carboxylic acids is 2. The molecule has 0 aliphatic rings. The molecule has 1 N–H and O–H groups in total. The SMILES string of the molecule is CCOC(=O)c1ccc(NC(=O)CSc2nc3ccccc3n3c(C(C)C)nnc23)cc1. The summed E-state index contributed by atoms with van der Waals surface area (Å²) in [6.45, 7) is 6.21. The predicted molar refractivity (Wildman–Crippen MR) is 124 cm³/mol. The van der Waals surface area contributed by atoms with Gasteiger partial charge in [0.2, 0.25) is 5.91 Å². The average Bonchev–Trinajstić information content (AvgIpc) is 3.24. The summed E-state index contributed by atoms with van der Waals surface area (Å²) < 4.78 is 6.98. The van der Waals surface area contributed by atoms with Gasteiger partial charge in [0.1, 0.15) is 10.9 Å². The van der Waals surface area contributed by atoms with E-state index < -0.39 is 0 Å². The van der Waals surface area contributed by atoms with E-state index in [4.69, 9.17) is 9.72 Å². The van der Waals surface area contributed by atoms with Crippen molar-refractivity contribution in [3.05, 3.63) is 59.9 Å². The molecule has 4 rings (SSSR count). The van der Waals surface area contributed by atoms with Gasteiger partial charge in [-0.25, -0.2) is 9.78 Å². The second-order valence-electron chi connectivity index (χ2n) is 7.41. The van der Waals surface area contributed by atoms with E-state index in [0.717, 1.165) is 16.9 Å². The lowest BCUT2D eigenvalue weighted by atomic mass is 10.2. The van der Waals surface area contributed by atoms with Crippen LogP contribution in [0, 0.1) is 0 Å². The highest BCUT2D eigenvalue weighted by Crippen LogP contribution is 2.27. The third kappa shape index (κ3) is 4.43. The van der Waals surface area contributed by atoms with Crippen molar-refractivity contribution in [2.75, 3.05) is 17.7 Å². The molecule has 0 aliphatic heterocycles. The molecule has 2 aromatic carbocycles. The summed E-state index contributed by atoms with van der Waals surface area (Å²) in [5.74, 6) is 0.628. The van der Waals surface area contributed by atoms with Crippen LogP contribution in [-0.2, 0) is 9.53 Å². The van der Waals surface area contributed by atoms with Crippen LogP contribution < -0.4 is 5.32 Å². The number of thioether (sulfide) groups is 1. The van der Waals surface area contributed by atoms with Gasteiger partial charge in [0.15, 0.2) is 5.65 Å². The summed E-state index contributed by atoms with van der Waals surface area (Å²) >= 11 is 1.31. The van der Waals surface area contributed by atoms with Crippen molar-refractivity contribution in [2.45, 2.75) is 31.7 Å². The zero-order chi connectivity index (χ0) is 22.7. The van der Waals surface area contributed by atoms with Crippen LogP contribution in [0.2, 0.25) is 0 Å². The Kier molecular flexibility index (Phi) is 6.36. The number of nitrogens with zero attached hydrogens (tertiary/aromatic N) is 4. The molecule has 0 radical (unpaired) electrons. The van der Waals surface area contributed by atoms with Crippen molar-refractivity contribution in [1.29, 1.82) is 0 Å². The number of benzene rings is 2. The first-order valence-corrected chi connectivity index (χ1v) is 11.3. The molecule has 2 heterocycles. The Morgan fingerprint density at radius 1 is 1.09 bits per heavy atom. The van der Waals surface area contributed by atoms with Crippen molar-refractivity contribution in [1.82, 2.24) is 19.6 Å². The quantitative estimate of drug-likeness (QED) is 0.332. The van der Waals surface area contributed by atoms with E-state index in [2.05, 4.69) is 29.4 Å². The van der Waals surface area contributed by atoms with Crippen LogP contribution in [0.25, 0.3) is 16.7 Å². The molecule has 0 saturated heterocycles. The maximum Gasteiger partial charge on any atom is 0.338 e. The van der Waals surface area contributed by atoms with Crippen molar-refractivity contribution in [3.8, 4) is 0 Å². The van der Waals surface area contributed by atoms with E-state index in [1.54, 1.807) is 31.2 Å². The fourth-order valence-electron chi connectivity index (χ4n) is 3.29. The minimum Gasteiger partial charge on any atom is -0.462 e. The molecule has 9 heteroatoms. The normalized spacial score (nSPS) is 11.2. The average molecular weight is 450 g/mol. The zero-order valence-corrected chi connectivity index (χ0v) is 18.8. The summed E-state index contributed by atoms with van der Waals surface area (Å²) in [6, 6.07) is 14.4. The summed E-state index contributed by atoms with van der Waals surface area (Å²) in [4.78, 5) is 29.0. The molecular weight excluding hydrogens is 426 g/mol. The number of hydrogen-bond donors (Lipinski definition) is 1. The Labute approximate surface area is 189 Å². The fraction of sp³-hybridized carbons (Fsp3) is 0.261. The minimum absolute atomic E-state index is 0.157. The largest absolute Gasteiger partial charge is 0.462 e. The topological polar surface area (TPSA) is 98.5 Å². The maximum atomic E-state index is 12.5. The molecule has 0 spiro atoms. The lowest BCUT2D eigenvalue weighted by molar-refractivity contribution is -0.113. The van der Waals surface area contributed by atoms with Crippen LogP contribution in [0.15, 0.2) is 53.6 Å². The van der Waals surface area contributed by atoms with Crippen molar-refractivity contribution in [3.63, 3.8) is 0 Å². The Morgan fingerprint density at radius 3 is 2.56 bits per heavy atom. The summed E-state index contributed by atoms with van der Waals surface area (Å²) in [5.41, 5.74) is 3.44. The van der Waals surface area contributed by atoms with Gasteiger partial charge in [0.25, 0.3) is 0 Å². The van der Waals surface area contributed by atoms with Gasteiger partial charge in [-0.15, -0.1) is 10.2 Å². The molecule has 32 heavy (non-hydrogen) atoms. The number of para-hydroxylation sites is 2. The molecule has 0 aliphatic carbocycles. The van der Waals surface area contributed by atoms with Crippen LogP contribution in [0.3, 0.4) is 0 Å². The predicted octanol–water partition coefficient (Wildman–Crippen LogP) is 4.31. The van der Waals surface area contributed by atoms with Gasteiger partial charge in [-0.2, -0.15) is 0 Å². The molecular formula is C23H23N5O3S. The van der Waals surface area contributed by atoms with Crippen LogP contribution in [0.5, 0.6) is 0 Å². The Hall–Kier alpha value is -3.46. The molecule has 0 fully saturated rings. The summed E-state index contributed by atoms with van der Waals surface area (Å²) in [5, 5.41) is 12.2. The lowest BCUT2D eigenvalue weighted by Gasteiger charge is -2.10. The van der Waals surface area contributed by atoms with Crippen molar-refractivity contribution >= 4 is 46.0 Å². The summed E-state index contributed by atoms with van der Waals surface area (Å²) in [7, 11) is 0. The highest BCUT2D eigenvalue weighted by molar-refractivity contribution is 8.00. The third-order valence-corrected chi connectivity index (χ3v) is 5.71. The number of ether oxygens (including phenoxy) is 1. The monoisotopic (exact) mass is 449 g/mol. The Bertz CT molecular complexity index is 1280. The standard InChI is InChI=1S/C23H23N5O3S/c1-4-31-23(30)15-9-11-16(12-10-15)24-19(29)13-32-22-21-27-26-20(14(2)3)28(21)18-8-6-5-7-17(18)25-22/h5-12,14H,4,13H2,1-3H3,(H,24,29). The van der Waals surface area contributed by atoms with Crippen LogP contribution in [-0.4, -0.2) is 43.8 Å². The molecule has 164 valence electrons. The number of esters is 1. The number of hydrogen-bond acceptors (Lipinski definition) is 7. The van der Waals surface area contributed by atoms with E-state index in [-0.39, 0.29) is 23.5 Å². The highest BCUT2D eigenvalue weighted by Gasteiger charge is 2.18. The molecule has 1 amide bonds. The number of aromatic nitrogens is 4. The molecule has 4 aromatic rings. The van der Waals surface area contributed by atoms with Gasteiger partial charge in [-0.3, -0.25) is 9.20 Å². The second-order valence-corrected chi connectivity index (χ2v) is 8.38. The van der Waals surface area contributed by atoms with Gasteiger partial charge in [0.05, 0.1) is 29.0 Å². The lowest BCUT2D eigenvalue weighted by Crippen LogP contribution is -2.14. The minimum atomic E-state index is -0.388. The summed E-state index contributed by atoms with van der Waals surface area (Å²) in [6.07, 6.45) is 0. The second kappa shape index (κ2) is 9.35. The molecule has 2 aromatic heterocycles. The number of fused-ring (bicyclic) bond motifs is 3. The third-order valence-electron chi connectivity index (χ3n) is 4.76. The fourth-order valence-corrected chi connectivity index (χ4v) is 4.05. The first-order chi connectivity index (χ1) is 15.5. The molecule has 0 unspecified atom stereocenters. The zero-order valence-electron chi connectivity index (χ0n) is 18.0. The van der Waals surface area contributed by atoms with Gasteiger partial charge in [-0.05, 0) is 43.3 Å². The highest BCUT2D eigenvalue weighted by atomic mass is 32.2. The van der Waals surface area contributed by atoms with E-state index >= 15 is 0 Å². The van der Waals surface area contributed by atoms with E-state index in [1.807, 2.05) is 28.7 Å². The Balaban J connectivity index is 1.51. The first kappa shape index (κ1) is 21.8. The smallest absolute Gasteiger partial charge is 0.338 e. The number of anilines is 1. The maximum absolute atomic E-state index is 12.5. The van der Waals surface area contributed by atoms with Crippen molar-refractivity contribution < 1.29 is 14.3 Å². The van der Waals surface area contributed by atoms with Gasteiger partial charge in [-0.1, -0.05) is 37.7 Å². The van der Waals surface area contributed by atoms with E-state index in [9.17, 15) is 9.59 Å². The molecule has 0 atom stereocenters. The first-order valence-electron chi connectivity index (χ1n) is 10.3. The van der Waals surface area contributed by atoms with Gasteiger partial charge >= 0.3 is 5.97 Å². The van der Waals surface area contributed by atoms with Crippen LogP contribution in [0.1, 0.15) is 42.9 Å². The van der Waals surface area contributed by atoms with E-state index in [0.29, 0.717) is 28.5 Å².